The van der Waals surface area contributed by atoms with Crippen LogP contribution >= 0.6 is 23.2 Å². The van der Waals surface area contributed by atoms with Crippen LogP contribution < -0.4 is 5.32 Å². The highest BCUT2D eigenvalue weighted by Crippen LogP contribution is 2.32. The van der Waals surface area contributed by atoms with E-state index in [9.17, 15) is 18.0 Å². The number of benzene rings is 2. The lowest BCUT2D eigenvalue weighted by atomic mass is 9.99. The van der Waals surface area contributed by atoms with Crippen molar-refractivity contribution in [3.8, 4) is 0 Å². The number of anilines is 1. The zero-order chi connectivity index (χ0) is 22.6. The summed E-state index contributed by atoms with van der Waals surface area (Å²) in [6, 6.07) is 8.35. The zero-order valence-electron chi connectivity index (χ0n) is 17.0. The molecule has 3 rings (SSSR count). The van der Waals surface area contributed by atoms with E-state index in [1.807, 2.05) is 6.07 Å². The maximum atomic E-state index is 12.7. The van der Waals surface area contributed by atoms with Crippen LogP contribution in [0.2, 0.25) is 10.0 Å². The van der Waals surface area contributed by atoms with Crippen molar-refractivity contribution >= 4 is 40.9 Å². The Morgan fingerprint density at radius 3 is 2.45 bits per heavy atom. The predicted molar refractivity (Wildman–Crippen MR) is 119 cm³/mol. The van der Waals surface area contributed by atoms with Gasteiger partial charge in [0.2, 0.25) is 5.91 Å². The summed E-state index contributed by atoms with van der Waals surface area (Å²) in [5.41, 5.74) is 1.01. The first-order valence-corrected chi connectivity index (χ1v) is 10.7. The van der Waals surface area contributed by atoms with Crippen LogP contribution in [0.5, 0.6) is 0 Å². The fourth-order valence-electron chi connectivity index (χ4n) is 3.40. The Kier molecular flexibility index (Phi) is 7.68. The van der Waals surface area contributed by atoms with E-state index in [4.69, 9.17) is 23.2 Å². The van der Waals surface area contributed by atoms with E-state index in [1.165, 1.54) is 31.1 Å². The summed E-state index contributed by atoms with van der Waals surface area (Å²) in [6.45, 7) is 5.13. The van der Waals surface area contributed by atoms with Gasteiger partial charge in [-0.15, -0.1) is 0 Å². The molecule has 1 aliphatic rings. The predicted octanol–water partition coefficient (Wildman–Crippen LogP) is 6.90. The molecule has 1 aliphatic heterocycles. The SMILES string of the molecule is CC1CCN(Cc2ccc(NC(=O)/C=C/c3ccc(C(F)(F)F)cc3Cl)cc2Cl)CC1. The molecule has 1 saturated heterocycles. The number of carbonyl (C=O) groups is 1. The van der Waals surface area contributed by atoms with Crippen molar-refractivity contribution in [1.29, 1.82) is 0 Å². The lowest BCUT2D eigenvalue weighted by Gasteiger charge is -2.30. The third kappa shape index (κ3) is 6.73. The van der Waals surface area contributed by atoms with Crippen LogP contribution in [0.3, 0.4) is 0 Å². The van der Waals surface area contributed by atoms with Gasteiger partial charge in [0.15, 0.2) is 0 Å². The average molecular weight is 471 g/mol. The minimum atomic E-state index is -4.47. The second kappa shape index (κ2) is 10.1. The number of likely N-dealkylation sites (tertiary alicyclic amines) is 1. The van der Waals surface area contributed by atoms with Gasteiger partial charge in [-0.1, -0.05) is 42.3 Å². The van der Waals surface area contributed by atoms with Gasteiger partial charge in [0, 0.05) is 28.4 Å². The molecule has 0 spiro atoms. The fraction of sp³-hybridized carbons (Fsp3) is 0.348. The lowest BCUT2D eigenvalue weighted by molar-refractivity contribution is -0.137. The fourth-order valence-corrected chi connectivity index (χ4v) is 3.89. The van der Waals surface area contributed by atoms with Crippen molar-refractivity contribution in [3.63, 3.8) is 0 Å². The molecule has 1 fully saturated rings. The quantitative estimate of drug-likeness (QED) is 0.482. The highest BCUT2D eigenvalue weighted by atomic mass is 35.5. The van der Waals surface area contributed by atoms with Crippen LogP contribution in [0.1, 0.15) is 36.5 Å². The Bertz CT molecular complexity index is 968. The van der Waals surface area contributed by atoms with Crippen LogP contribution in [0.15, 0.2) is 42.5 Å². The molecular formula is C23H23Cl2F3N2O. The molecule has 0 unspecified atom stereocenters. The van der Waals surface area contributed by atoms with E-state index >= 15 is 0 Å². The highest BCUT2D eigenvalue weighted by Gasteiger charge is 2.30. The third-order valence-corrected chi connectivity index (χ3v) is 6.01. The van der Waals surface area contributed by atoms with Crippen molar-refractivity contribution in [2.24, 2.45) is 5.92 Å². The Morgan fingerprint density at radius 1 is 1.13 bits per heavy atom. The summed E-state index contributed by atoms with van der Waals surface area (Å²) in [4.78, 5) is 14.6. The Morgan fingerprint density at radius 2 is 1.84 bits per heavy atom. The molecule has 0 aliphatic carbocycles. The maximum Gasteiger partial charge on any atom is 0.416 e. The molecule has 31 heavy (non-hydrogen) atoms. The van der Waals surface area contributed by atoms with Gasteiger partial charge in [-0.2, -0.15) is 13.2 Å². The molecule has 1 amide bonds. The van der Waals surface area contributed by atoms with Gasteiger partial charge < -0.3 is 5.32 Å². The Hall–Kier alpha value is -2.02. The molecule has 1 N–H and O–H groups in total. The molecule has 2 aromatic rings. The second-order valence-electron chi connectivity index (χ2n) is 7.82. The Balaban J connectivity index is 1.60. The van der Waals surface area contributed by atoms with Gasteiger partial charge >= 0.3 is 6.18 Å². The van der Waals surface area contributed by atoms with Gasteiger partial charge in [0.1, 0.15) is 0 Å². The van der Waals surface area contributed by atoms with Gasteiger partial charge in [-0.3, -0.25) is 9.69 Å². The van der Waals surface area contributed by atoms with E-state index < -0.39 is 17.6 Å². The average Bonchev–Trinajstić information content (AvgIpc) is 2.70. The topological polar surface area (TPSA) is 32.3 Å². The second-order valence-corrected chi connectivity index (χ2v) is 8.64. The largest absolute Gasteiger partial charge is 0.416 e. The van der Waals surface area contributed by atoms with Crippen molar-refractivity contribution in [3.05, 3.63) is 69.2 Å². The molecule has 0 radical (unpaired) electrons. The minimum Gasteiger partial charge on any atom is -0.322 e. The summed E-state index contributed by atoms with van der Waals surface area (Å²) >= 11 is 12.3. The first-order valence-electron chi connectivity index (χ1n) is 9.98. The van der Waals surface area contributed by atoms with Crippen molar-refractivity contribution in [2.45, 2.75) is 32.5 Å². The molecule has 0 saturated carbocycles. The number of amides is 1. The lowest BCUT2D eigenvalue weighted by Crippen LogP contribution is -2.32. The molecule has 3 nitrogen and oxygen atoms in total. The molecule has 2 aromatic carbocycles. The van der Waals surface area contributed by atoms with Crippen molar-refractivity contribution in [2.75, 3.05) is 18.4 Å². The van der Waals surface area contributed by atoms with E-state index in [2.05, 4.69) is 17.1 Å². The van der Waals surface area contributed by atoms with Gasteiger partial charge in [0.05, 0.1) is 5.56 Å². The molecule has 8 heteroatoms. The van der Waals surface area contributed by atoms with Crippen LogP contribution in [-0.2, 0) is 17.5 Å². The van der Waals surface area contributed by atoms with E-state index in [1.54, 1.807) is 12.1 Å². The number of hydrogen-bond acceptors (Lipinski definition) is 2. The number of piperidine rings is 1. The standard InChI is InChI=1S/C23H23Cl2F3N2O/c1-15-8-10-30(11-9-15)14-17-3-6-19(13-21(17)25)29-22(31)7-4-16-2-5-18(12-20(16)24)23(26,27)28/h2-7,12-13,15H,8-11,14H2,1H3,(H,29,31)/b7-4+. The summed E-state index contributed by atoms with van der Waals surface area (Å²) in [5, 5.41) is 3.19. The minimum absolute atomic E-state index is 0.0848. The summed E-state index contributed by atoms with van der Waals surface area (Å²) < 4.78 is 38.1. The van der Waals surface area contributed by atoms with Crippen LogP contribution in [0.4, 0.5) is 18.9 Å². The highest BCUT2D eigenvalue weighted by molar-refractivity contribution is 6.32. The first kappa shape index (κ1) is 23.6. The normalized spacial score (nSPS) is 16.1. The number of rotatable bonds is 5. The Labute approximate surface area is 189 Å². The van der Waals surface area contributed by atoms with E-state index in [0.29, 0.717) is 16.3 Å². The molecule has 0 aromatic heterocycles. The maximum absolute atomic E-state index is 12.7. The summed E-state index contributed by atoms with van der Waals surface area (Å²) in [6.07, 6.45) is 0.472. The number of nitrogens with one attached hydrogen (secondary N) is 1. The number of halogens is 5. The first-order chi connectivity index (χ1) is 14.6. The van der Waals surface area contributed by atoms with Gasteiger partial charge in [0.25, 0.3) is 0 Å². The molecular weight excluding hydrogens is 448 g/mol. The number of hydrogen-bond donors (Lipinski definition) is 1. The summed E-state index contributed by atoms with van der Waals surface area (Å²) in [5.74, 6) is 0.319. The van der Waals surface area contributed by atoms with Crippen LogP contribution in [-0.4, -0.2) is 23.9 Å². The van der Waals surface area contributed by atoms with E-state index in [0.717, 1.165) is 43.2 Å². The molecule has 166 valence electrons. The van der Waals surface area contributed by atoms with Crippen LogP contribution in [0.25, 0.3) is 6.08 Å². The number of nitrogens with zero attached hydrogens (tertiary/aromatic N) is 1. The van der Waals surface area contributed by atoms with Crippen molar-refractivity contribution in [1.82, 2.24) is 4.90 Å². The molecule has 0 bridgehead atoms. The third-order valence-electron chi connectivity index (χ3n) is 5.33. The summed E-state index contributed by atoms with van der Waals surface area (Å²) in [7, 11) is 0. The monoisotopic (exact) mass is 470 g/mol. The number of carbonyl (C=O) groups excluding carboxylic acids is 1. The molecule has 0 atom stereocenters. The van der Waals surface area contributed by atoms with Crippen molar-refractivity contribution < 1.29 is 18.0 Å². The number of alkyl halides is 3. The molecule has 1 heterocycles. The zero-order valence-corrected chi connectivity index (χ0v) is 18.5. The van der Waals surface area contributed by atoms with Gasteiger partial charge in [-0.25, -0.2) is 0 Å². The smallest absolute Gasteiger partial charge is 0.322 e. The van der Waals surface area contributed by atoms with Crippen LogP contribution in [0, 0.1) is 5.92 Å². The van der Waals surface area contributed by atoms with E-state index in [-0.39, 0.29) is 5.02 Å². The van der Waals surface area contributed by atoms with Gasteiger partial charge in [-0.05, 0) is 73.3 Å².